The van der Waals surface area contributed by atoms with Crippen molar-refractivity contribution in [3.8, 4) is 0 Å². The largest absolute Gasteiger partial charge is 0.444 e. The van der Waals surface area contributed by atoms with Crippen molar-refractivity contribution in [2.45, 2.75) is 59.1 Å². The summed E-state index contributed by atoms with van der Waals surface area (Å²) in [7, 11) is 1.71. The molecule has 2 atom stereocenters. The van der Waals surface area contributed by atoms with E-state index in [1.807, 2.05) is 25.7 Å². The summed E-state index contributed by atoms with van der Waals surface area (Å²) in [6, 6.07) is 0.323. The van der Waals surface area contributed by atoms with Gasteiger partial charge in [0.15, 0.2) is 0 Å². The van der Waals surface area contributed by atoms with Crippen molar-refractivity contribution in [1.29, 1.82) is 0 Å². The zero-order valence-corrected chi connectivity index (χ0v) is 14.5. The second kappa shape index (κ2) is 7.45. The molecule has 0 aliphatic carbocycles. The van der Waals surface area contributed by atoms with Gasteiger partial charge in [-0.1, -0.05) is 6.92 Å². The Labute approximate surface area is 129 Å². The highest BCUT2D eigenvalue weighted by Crippen LogP contribution is 2.29. The Morgan fingerprint density at radius 1 is 1.43 bits per heavy atom. The topological polar surface area (TPSA) is 50.8 Å². The Kier molecular flexibility index (Phi) is 6.47. The van der Waals surface area contributed by atoms with E-state index in [9.17, 15) is 4.79 Å². The molecule has 0 aromatic rings. The van der Waals surface area contributed by atoms with Gasteiger partial charge in [-0.25, -0.2) is 4.79 Å². The quantitative estimate of drug-likeness (QED) is 0.848. The third-order valence-electron chi connectivity index (χ3n) is 3.73. The van der Waals surface area contributed by atoms with Gasteiger partial charge in [-0.2, -0.15) is 0 Å². The van der Waals surface area contributed by atoms with Crippen molar-refractivity contribution in [3.05, 3.63) is 0 Å². The molecule has 1 N–H and O–H groups in total. The lowest BCUT2D eigenvalue weighted by molar-refractivity contribution is 0.00618. The van der Waals surface area contributed by atoms with Crippen molar-refractivity contribution in [1.82, 2.24) is 10.2 Å². The zero-order valence-electron chi connectivity index (χ0n) is 14.5. The maximum absolute atomic E-state index is 12.2. The van der Waals surface area contributed by atoms with Crippen molar-refractivity contribution >= 4 is 6.09 Å². The van der Waals surface area contributed by atoms with E-state index in [0.29, 0.717) is 12.6 Å². The second-order valence-corrected chi connectivity index (χ2v) is 7.55. The molecule has 1 saturated heterocycles. The summed E-state index contributed by atoms with van der Waals surface area (Å²) < 4.78 is 10.6. The van der Waals surface area contributed by atoms with E-state index < -0.39 is 5.60 Å². The van der Waals surface area contributed by atoms with Crippen LogP contribution in [0.5, 0.6) is 0 Å². The van der Waals surface area contributed by atoms with Gasteiger partial charge in [0.05, 0.1) is 6.61 Å². The average Bonchev–Trinajstić information content (AvgIpc) is 2.35. The van der Waals surface area contributed by atoms with Crippen LogP contribution in [0.4, 0.5) is 4.79 Å². The summed E-state index contributed by atoms with van der Waals surface area (Å²) in [5.74, 6) is 0. The lowest BCUT2D eigenvalue weighted by Gasteiger charge is -2.41. The highest BCUT2D eigenvalue weighted by Gasteiger charge is 2.34. The van der Waals surface area contributed by atoms with Crippen molar-refractivity contribution in [2.75, 3.05) is 33.4 Å². The Hall–Kier alpha value is -0.810. The number of likely N-dealkylation sites (tertiary alicyclic amines) is 1. The lowest BCUT2D eigenvalue weighted by atomic mass is 9.81. The average molecular weight is 300 g/mol. The summed E-state index contributed by atoms with van der Waals surface area (Å²) in [5, 5.41) is 3.50. The van der Waals surface area contributed by atoms with Crippen molar-refractivity contribution in [3.63, 3.8) is 0 Å². The number of hydrogen-bond acceptors (Lipinski definition) is 4. The molecule has 21 heavy (non-hydrogen) atoms. The summed E-state index contributed by atoms with van der Waals surface area (Å²) in [4.78, 5) is 14.1. The van der Waals surface area contributed by atoms with Gasteiger partial charge in [0, 0.05) is 32.8 Å². The summed E-state index contributed by atoms with van der Waals surface area (Å²) in [6.07, 6.45) is 1.95. The van der Waals surface area contributed by atoms with Gasteiger partial charge in [-0.05, 0) is 46.0 Å². The molecule has 1 aliphatic rings. The van der Waals surface area contributed by atoms with E-state index in [1.165, 1.54) is 0 Å². The summed E-state index contributed by atoms with van der Waals surface area (Å²) in [6.45, 7) is 13.2. The second-order valence-electron chi connectivity index (χ2n) is 7.55. The van der Waals surface area contributed by atoms with E-state index in [1.54, 1.807) is 7.11 Å². The van der Waals surface area contributed by atoms with Crippen LogP contribution in [0, 0.1) is 5.41 Å². The number of methoxy groups -OCH3 is 1. The van der Waals surface area contributed by atoms with Gasteiger partial charge < -0.3 is 19.7 Å². The predicted octanol–water partition coefficient (Wildman–Crippen LogP) is 2.65. The number of piperidine rings is 1. The fourth-order valence-corrected chi connectivity index (χ4v) is 2.67. The minimum absolute atomic E-state index is 0.0944. The van der Waals surface area contributed by atoms with Gasteiger partial charge in [0.25, 0.3) is 0 Å². The molecular formula is C16H32N2O3. The smallest absolute Gasteiger partial charge is 0.410 e. The molecule has 1 heterocycles. The molecule has 1 fully saturated rings. The normalized spacial score (nSPS) is 24.8. The molecule has 5 heteroatoms. The zero-order chi connectivity index (χ0) is 16.1. The van der Waals surface area contributed by atoms with Crippen molar-refractivity contribution < 1.29 is 14.3 Å². The standard InChI is InChI=1S/C16H32N2O3/c1-13(10-20-6)17-11-16(5)8-7-9-18(12-16)14(19)21-15(2,3)4/h13,17H,7-12H2,1-6H3. The van der Waals surface area contributed by atoms with Crippen LogP contribution in [0.15, 0.2) is 0 Å². The van der Waals surface area contributed by atoms with Gasteiger partial charge in [-0.3, -0.25) is 0 Å². The fraction of sp³-hybridized carbons (Fsp3) is 0.938. The van der Waals surface area contributed by atoms with Crippen LogP contribution in [0.25, 0.3) is 0 Å². The summed E-state index contributed by atoms with van der Waals surface area (Å²) >= 11 is 0. The molecule has 5 nitrogen and oxygen atoms in total. The Balaban J connectivity index is 2.52. The number of carbonyl (C=O) groups is 1. The highest BCUT2D eigenvalue weighted by atomic mass is 16.6. The van der Waals surface area contributed by atoms with Crippen LogP contribution in [-0.4, -0.2) is 56.0 Å². The number of nitrogens with one attached hydrogen (secondary N) is 1. The summed E-state index contributed by atoms with van der Waals surface area (Å²) in [5.41, 5.74) is -0.340. The first kappa shape index (κ1) is 18.2. The third kappa shape index (κ3) is 6.66. The fourth-order valence-electron chi connectivity index (χ4n) is 2.67. The number of ether oxygens (including phenoxy) is 2. The molecule has 0 aromatic carbocycles. The number of hydrogen-bond donors (Lipinski definition) is 1. The third-order valence-corrected chi connectivity index (χ3v) is 3.73. The van der Waals surface area contributed by atoms with Crippen molar-refractivity contribution in [2.24, 2.45) is 5.41 Å². The van der Waals surface area contributed by atoms with E-state index in [2.05, 4.69) is 19.2 Å². The SMILES string of the molecule is COCC(C)NCC1(C)CCCN(C(=O)OC(C)(C)C)C1. The predicted molar refractivity (Wildman–Crippen MR) is 84.5 cm³/mol. The van der Waals surface area contributed by atoms with E-state index in [4.69, 9.17) is 9.47 Å². The molecular weight excluding hydrogens is 268 g/mol. The lowest BCUT2D eigenvalue weighted by Crippen LogP contribution is -2.51. The number of nitrogens with zero attached hydrogens (tertiary/aromatic N) is 1. The molecule has 0 bridgehead atoms. The maximum atomic E-state index is 12.2. The first-order valence-corrected chi connectivity index (χ1v) is 7.85. The minimum Gasteiger partial charge on any atom is -0.444 e. The van der Waals surface area contributed by atoms with E-state index in [0.717, 1.165) is 32.5 Å². The van der Waals surface area contributed by atoms with Crippen LogP contribution >= 0.6 is 0 Å². The maximum Gasteiger partial charge on any atom is 0.410 e. The van der Waals surface area contributed by atoms with E-state index >= 15 is 0 Å². The Morgan fingerprint density at radius 3 is 2.67 bits per heavy atom. The van der Waals surface area contributed by atoms with Crippen LogP contribution in [0.1, 0.15) is 47.5 Å². The molecule has 2 unspecified atom stereocenters. The van der Waals surface area contributed by atoms with Gasteiger partial charge in [0.2, 0.25) is 0 Å². The van der Waals surface area contributed by atoms with Gasteiger partial charge in [-0.15, -0.1) is 0 Å². The minimum atomic E-state index is -0.434. The number of amides is 1. The molecule has 1 amide bonds. The molecule has 0 radical (unpaired) electrons. The first-order chi connectivity index (χ1) is 9.65. The molecule has 0 aromatic heterocycles. The number of rotatable bonds is 5. The highest BCUT2D eigenvalue weighted by molar-refractivity contribution is 5.68. The Morgan fingerprint density at radius 2 is 2.10 bits per heavy atom. The monoisotopic (exact) mass is 300 g/mol. The molecule has 124 valence electrons. The van der Waals surface area contributed by atoms with Gasteiger partial charge in [0.1, 0.15) is 5.60 Å². The molecule has 0 spiro atoms. The first-order valence-electron chi connectivity index (χ1n) is 7.85. The molecule has 1 aliphatic heterocycles. The Bertz CT molecular complexity index is 341. The van der Waals surface area contributed by atoms with Crippen LogP contribution in [0.3, 0.4) is 0 Å². The number of carbonyl (C=O) groups excluding carboxylic acids is 1. The van der Waals surface area contributed by atoms with Crippen LogP contribution in [-0.2, 0) is 9.47 Å². The molecule has 1 rings (SSSR count). The van der Waals surface area contributed by atoms with E-state index in [-0.39, 0.29) is 11.5 Å². The van der Waals surface area contributed by atoms with Crippen LogP contribution < -0.4 is 5.32 Å². The molecule has 0 saturated carbocycles. The van der Waals surface area contributed by atoms with Crippen LogP contribution in [0.2, 0.25) is 0 Å². The van der Waals surface area contributed by atoms with Gasteiger partial charge >= 0.3 is 6.09 Å².